The van der Waals surface area contributed by atoms with Crippen LogP contribution in [0, 0.1) is 11.3 Å². The molecule has 0 aliphatic carbocycles. The van der Waals surface area contributed by atoms with E-state index < -0.39 is 30.2 Å². The van der Waals surface area contributed by atoms with Gasteiger partial charge in [-0.2, -0.15) is 31.6 Å². The van der Waals surface area contributed by atoms with E-state index in [1.807, 2.05) is 42.6 Å². The Morgan fingerprint density at radius 3 is 2.12 bits per heavy atom. The first-order valence-corrected chi connectivity index (χ1v) is 11.8. The van der Waals surface area contributed by atoms with Gasteiger partial charge in [-0.1, -0.05) is 18.2 Å². The quantitative estimate of drug-likeness (QED) is 0.255. The number of anilines is 1. The lowest BCUT2D eigenvalue weighted by atomic mass is 10.1. The predicted octanol–water partition coefficient (Wildman–Crippen LogP) is 5.06. The number of carboxylic acid groups (broad SMARTS) is 2. The molecule has 3 aromatic heterocycles. The molecule has 0 saturated heterocycles. The Balaban J connectivity index is 0.000000349. The molecular formula is C24H18F6N6O4S. The number of rotatable bonds is 6. The molecule has 0 spiro atoms. The van der Waals surface area contributed by atoms with Crippen LogP contribution in [-0.2, 0) is 16.0 Å². The minimum absolute atomic E-state index is 0.510. The predicted molar refractivity (Wildman–Crippen MR) is 133 cm³/mol. The number of para-hydroxylation sites is 1. The summed E-state index contributed by atoms with van der Waals surface area (Å²) in [6.45, 7) is 0.688. The fourth-order valence-corrected chi connectivity index (χ4v) is 3.77. The summed E-state index contributed by atoms with van der Waals surface area (Å²) in [5.41, 5.74) is 2.70. The van der Waals surface area contributed by atoms with Crippen LogP contribution in [0.1, 0.15) is 22.2 Å². The second-order valence-electron chi connectivity index (χ2n) is 7.53. The van der Waals surface area contributed by atoms with Crippen molar-refractivity contribution in [1.82, 2.24) is 19.9 Å². The average Bonchev–Trinajstić information content (AvgIpc) is 3.33. The van der Waals surface area contributed by atoms with Gasteiger partial charge >= 0.3 is 24.3 Å². The van der Waals surface area contributed by atoms with Gasteiger partial charge in [0.1, 0.15) is 10.9 Å². The van der Waals surface area contributed by atoms with Gasteiger partial charge < -0.3 is 15.5 Å². The van der Waals surface area contributed by atoms with E-state index in [0.717, 1.165) is 27.2 Å². The molecule has 0 saturated carbocycles. The first-order valence-electron chi connectivity index (χ1n) is 11.0. The number of nitriles is 1. The summed E-state index contributed by atoms with van der Waals surface area (Å²) in [5, 5.41) is 27.9. The number of hydrogen-bond acceptors (Lipinski definition) is 9. The van der Waals surface area contributed by atoms with E-state index in [0.29, 0.717) is 18.2 Å². The van der Waals surface area contributed by atoms with Crippen LogP contribution < -0.4 is 5.32 Å². The smallest absolute Gasteiger partial charge is 0.475 e. The summed E-state index contributed by atoms with van der Waals surface area (Å²) in [7, 11) is 0. The van der Waals surface area contributed by atoms with Gasteiger partial charge in [0.15, 0.2) is 0 Å². The standard InChI is InChI=1S/C20H16N6S.2C2HF3O2/c21-12-15(19-25-17-5-1-2-6-18(17)27-19)16-8-11-24-20(26-16)23-10-7-14-4-3-9-22-13-14;2*3-2(4,5)1(6)7/h1-6,8-9,11,13,15H,7,10H2,(H,23,24,26);2*(H,6,7). The van der Waals surface area contributed by atoms with Crippen LogP contribution in [0.3, 0.4) is 0 Å². The lowest BCUT2D eigenvalue weighted by Gasteiger charge is -2.08. The largest absolute Gasteiger partial charge is 0.490 e. The SMILES string of the molecule is N#CC(c1ccnc(NCCc2cccnc2)n1)c1nc2ccccc2s1.O=C(O)C(F)(F)F.O=C(O)C(F)(F)F. The Bertz CT molecular complexity index is 1430. The van der Waals surface area contributed by atoms with E-state index in [1.54, 1.807) is 18.5 Å². The van der Waals surface area contributed by atoms with E-state index in [4.69, 9.17) is 19.8 Å². The van der Waals surface area contributed by atoms with Gasteiger partial charge in [0.05, 0.1) is 22.0 Å². The van der Waals surface area contributed by atoms with Crippen LogP contribution in [0.15, 0.2) is 61.1 Å². The second kappa shape index (κ2) is 14.5. The number of carboxylic acids is 2. The zero-order valence-corrected chi connectivity index (χ0v) is 21.2. The highest BCUT2D eigenvalue weighted by Crippen LogP contribution is 2.30. The monoisotopic (exact) mass is 600 g/mol. The first kappa shape index (κ1) is 32.4. The summed E-state index contributed by atoms with van der Waals surface area (Å²) >= 11 is 1.52. The zero-order valence-electron chi connectivity index (χ0n) is 20.4. The Kier molecular flexibility index (Phi) is 11.5. The fraction of sp³-hybridized carbons (Fsp3) is 0.208. The molecule has 1 atom stereocenters. The highest BCUT2D eigenvalue weighted by Gasteiger charge is 2.38. The van der Waals surface area contributed by atoms with Crippen molar-refractivity contribution < 1.29 is 46.1 Å². The third-order valence-corrected chi connectivity index (χ3v) is 5.67. The van der Waals surface area contributed by atoms with Crippen molar-refractivity contribution in [3.8, 4) is 6.07 Å². The highest BCUT2D eigenvalue weighted by molar-refractivity contribution is 7.18. The van der Waals surface area contributed by atoms with Crippen LogP contribution >= 0.6 is 11.3 Å². The van der Waals surface area contributed by atoms with E-state index in [1.165, 1.54) is 11.3 Å². The van der Waals surface area contributed by atoms with Crippen molar-refractivity contribution in [2.75, 3.05) is 11.9 Å². The number of benzene rings is 1. The number of nitrogens with one attached hydrogen (secondary N) is 1. The normalized spacial score (nSPS) is 11.6. The molecule has 0 fully saturated rings. The molecule has 3 heterocycles. The van der Waals surface area contributed by atoms with E-state index in [2.05, 4.69) is 31.3 Å². The number of aromatic nitrogens is 4. The number of carbonyl (C=O) groups is 2. The maximum atomic E-state index is 10.6. The van der Waals surface area contributed by atoms with Crippen LogP contribution in [0.25, 0.3) is 10.2 Å². The highest BCUT2D eigenvalue weighted by atomic mass is 32.1. The van der Waals surface area contributed by atoms with E-state index in [9.17, 15) is 31.6 Å². The molecule has 1 aromatic carbocycles. The number of alkyl halides is 6. The lowest BCUT2D eigenvalue weighted by Crippen LogP contribution is -2.21. The number of pyridine rings is 1. The minimum atomic E-state index is -5.08. The van der Waals surface area contributed by atoms with Gasteiger partial charge in [0.2, 0.25) is 5.95 Å². The van der Waals surface area contributed by atoms with Crippen molar-refractivity contribution >= 4 is 39.4 Å². The van der Waals surface area contributed by atoms with Crippen molar-refractivity contribution in [2.24, 2.45) is 0 Å². The summed E-state index contributed by atoms with van der Waals surface area (Å²) < 4.78 is 64.5. The van der Waals surface area contributed by atoms with Gasteiger partial charge in [-0.25, -0.2) is 24.5 Å². The Hall–Kier alpha value is -4.85. The molecule has 3 N–H and O–H groups in total. The third-order valence-electron chi connectivity index (χ3n) is 4.56. The van der Waals surface area contributed by atoms with Crippen LogP contribution in [0.2, 0.25) is 0 Å². The number of hydrogen-bond donors (Lipinski definition) is 3. The summed E-state index contributed by atoms with van der Waals surface area (Å²) in [6.07, 6.45) is -4.07. The molecule has 1 unspecified atom stereocenters. The molecule has 0 bridgehead atoms. The number of fused-ring (bicyclic) bond motifs is 1. The molecule has 0 aliphatic rings. The number of thiazole rings is 1. The molecule has 0 aliphatic heterocycles. The third kappa shape index (κ3) is 10.7. The summed E-state index contributed by atoms with van der Waals surface area (Å²) in [4.78, 5) is 35.3. The molecule has 4 aromatic rings. The average molecular weight is 601 g/mol. The Morgan fingerprint density at radius 2 is 1.59 bits per heavy atom. The van der Waals surface area contributed by atoms with Crippen molar-refractivity contribution in [3.63, 3.8) is 0 Å². The lowest BCUT2D eigenvalue weighted by molar-refractivity contribution is -0.193. The van der Waals surface area contributed by atoms with Crippen LogP contribution in [0.4, 0.5) is 32.3 Å². The van der Waals surface area contributed by atoms with Crippen LogP contribution in [-0.4, -0.2) is 61.0 Å². The minimum Gasteiger partial charge on any atom is -0.475 e. The van der Waals surface area contributed by atoms with Crippen molar-refractivity contribution in [3.05, 3.63) is 77.3 Å². The molecule has 0 amide bonds. The van der Waals surface area contributed by atoms with Crippen molar-refractivity contribution in [1.29, 1.82) is 5.26 Å². The van der Waals surface area contributed by atoms with Crippen molar-refractivity contribution in [2.45, 2.75) is 24.7 Å². The second-order valence-corrected chi connectivity index (χ2v) is 8.59. The van der Waals surface area contributed by atoms with Gasteiger partial charge in [0, 0.05) is 25.1 Å². The van der Waals surface area contributed by atoms with E-state index >= 15 is 0 Å². The molecule has 17 heteroatoms. The molecule has 216 valence electrons. The maximum absolute atomic E-state index is 10.6. The molecule has 41 heavy (non-hydrogen) atoms. The number of nitrogens with zero attached hydrogens (tertiary/aromatic N) is 5. The zero-order chi connectivity index (χ0) is 30.6. The van der Waals surface area contributed by atoms with Gasteiger partial charge in [-0.15, -0.1) is 11.3 Å². The maximum Gasteiger partial charge on any atom is 0.490 e. The summed E-state index contributed by atoms with van der Waals surface area (Å²) in [6, 6.07) is 15.9. The molecule has 4 rings (SSSR count). The molecular weight excluding hydrogens is 582 g/mol. The van der Waals surface area contributed by atoms with Gasteiger partial charge in [-0.05, 0) is 36.2 Å². The topological polar surface area (TPSA) is 162 Å². The summed E-state index contributed by atoms with van der Waals surface area (Å²) in [5.74, 6) is -5.51. The first-order chi connectivity index (χ1) is 19.2. The van der Waals surface area contributed by atoms with Gasteiger partial charge in [0.25, 0.3) is 0 Å². The van der Waals surface area contributed by atoms with Crippen LogP contribution in [0.5, 0.6) is 0 Å². The number of aliphatic carboxylic acids is 2. The molecule has 10 nitrogen and oxygen atoms in total. The Labute approximate surface area is 231 Å². The number of halogens is 6. The molecule has 0 radical (unpaired) electrons. The fourth-order valence-electron chi connectivity index (χ4n) is 2.74. The van der Waals surface area contributed by atoms with Gasteiger partial charge in [-0.3, -0.25) is 4.98 Å². The Morgan fingerprint density at radius 1 is 0.951 bits per heavy atom. The van der Waals surface area contributed by atoms with E-state index in [-0.39, 0.29) is 0 Å².